The van der Waals surface area contributed by atoms with Crippen LogP contribution in [0.2, 0.25) is 0 Å². The molecule has 0 bridgehead atoms. The molecule has 1 heterocycles. The topological polar surface area (TPSA) is 62.5 Å². The van der Waals surface area contributed by atoms with Crippen LogP contribution in [0, 0.1) is 12.3 Å². The summed E-state index contributed by atoms with van der Waals surface area (Å²) in [5.41, 5.74) is -0.473. The molecule has 0 unspecified atom stereocenters. The Balaban J connectivity index is 1.68. The summed E-state index contributed by atoms with van der Waals surface area (Å²) in [4.78, 5) is 10.9. The Morgan fingerprint density at radius 2 is 2.31 bits per heavy atom. The van der Waals surface area contributed by atoms with Gasteiger partial charge >= 0.3 is 5.97 Å². The van der Waals surface area contributed by atoms with Crippen molar-refractivity contribution in [1.29, 1.82) is 0 Å². The third kappa shape index (κ3) is 2.44. The SMILES string of the molecule is Cc1ccc(CCNCC2(C(=O)O)CC2)o1. The third-order valence-corrected chi connectivity index (χ3v) is 3.11. The molecule has 0 aromatic carbocycles. The summed E-state index contributed by atoms with van der Waals surface area (Å²) in [7, 11) is 0. The molecule has 0 spiro atoms. The third-order valence-electron chi connectivity index (χ3n) is 3.11. The van der Waals surface area contributed by atoms with E-state index in [4.69, 9.17) is 9.52 Å². The van der Waals surface area contributed by atoms with Crippen LogP contribution in [0.4, 0.5) is 0 Å². The van der Waals surface area contributed by atoms with Gasteiger partial charge in [-0.2, -0.15) is 0 Å². The molecule has 4 heteroatoms. The Bertz CT molecular complexity index is 379. The van der Waals surface area contributed by atoms with Crippen LogP contribution in [0.25, 0.3) is 0 Å². The number of hydrogen-bond donors (Lipinski definition) is 2. The molecule has 0 radical (unpaired) electrons. The lowest BCUT2D eigenvalue weighted by atomic mass is 10.1. The second-order valence-corrected chi connectivity index (χ2v) is 4.52. The van der Waals surface area contributed by atoms with Crippen molar-refractivity contribution in [2.45, 2.75) is 26.2 Å². The van der Waals surface area contributed by atoms with Gasteiger partial charge in [0.25, 0.3) is 0 Å². The van der Waals surface area contributed by atoms with Crippen LogP contribution in [0.5, 0.6) is 0 Å². The van der Waals surface area contributed by atoms with E-state index in [1.165, 1.54) is 0 Å². The molecular weight excluding hydrogens is 206 g/mol. The summed E-state index contributed by atoms with van der Waals surface area (Å²) in [5.74, 6) is 1.19. The molecule has 1 saturated carbocycles. The number of hydrogen-bond acceptors (Lipinski definition) is 3. The van der Waals surface area contributed by atoms with E-state index < -0.39 is 11.4 Å². The van der Waals surface area contributed by atoms with E-state index in [-0.39, 0.29) is 0 Å². The molecule has 1 aliphatic carbocycles. The van der Waals surface area contributed by atoms with Gasteiger partial charge < -0.3 is 14.8 Å². The fourth-order valence-electron chi connectivity index (χ4n) is 1.78. The summed E-state index contributed by atoms with van der Waals surface area (Å²) in [5, 5.41) is 12.2. The van der Waals surface area contributed by atoms with E-state index >= 15 is 0 Å². The number of carbonyl (C=O) groups is 1. The van der Waals surface area contributed by atoms with Crippen molar-refractivity contribution in [2.24, 2.45) is 5.41 Å². The number of carboxylic acids is 1. The van der Waals surface area contributed by atoms with E-state index in [2.05, 4.69) is 5.32 Å². The summed E-state index contributed by atoms with van der Waals surface area (Å²) in [6, 6.07) is 3.90. The van der Waals surface area contributed by atoms with E-state index in [1.54, 1.807) is 0 Å². The van der Waals surface area contributed by atoms with E-state index in [0.29, 0.717) is 6.54 Å². The molecule has 0 saturated heterocycles. The molecule has 2 rings (SSSR count). The highest BCUT2D eigenvalue weighted by Crippen LogP contribution is 2.45. The zero-order valence-electron chi connectivity index (χ0n) is 9.45. The van der Waals surface area contributed by atoms with Crippen LogP contribution in [0.1, 0.15) is 24.4 Å². The van der Waals surface area contributed by atoms with Crippen molar-refractivity contribution in [1.82, 2.24) is 5.32 Å². The van der Waals surface area contributed by atoms with Gasteiger partial charge in [0.1, 0.15) is 11.5 Å². The highest BCUT2D eigenvalue weighted by molar-refractivity contribution is 5.78. The van der Waals surface area contributed by atoms with Crippen LogP contribution in [0.3, 0.4) is 0 Å². The Morgan fingerprint density at radius 1 is 1.56 bits per heavy atom. The fraction of sp³-hybridized carbons (Fsp3) is 0.583. The first-order valence-corrected chi connectivity index (χ1v) is 5.62. The summed E-state index contributed by atoms with van der Waals surface area (Å²) < 4.78 is 5.42. The molecular formula is C12H17NO3. The lowest BCUT2D eigenvalue weighted by Gasteiger charge is -2.10. The minimum atomic E-state index is -0.672. The van der Waals surface area contributed by atoms with Gasteiger partial charge in [-0.15, -0.1) is 0 Å². The van der Waals surface area contributed by atoms with E-state index in [1.807, 2.05) is 19.1 Å². The van der Waals surface area contributed by atoms with Gasteiger partial charge in [0.05, 0.1) is 5.41 Å². The van der Waals surface area contributed by atoms with Crippen molar-refractivity contribution in [2.75, 3.05) is 13.1 Å². The van der Waals surface area contributed by atoms with E-state index in [0.717, 1.165) is 37.3 Å². The largest absolute Gasteiger partial charge is 0.481 e. The number of rotatable bonds is 6. The lowest BCUT2D eigenvalue weighted by molar-refractivity contribution is -0.143. The molecule has 0 aliphatic heterocycles. The van der Waals surface area contributed by atoms with Gasteiger partial charge in [0, 0.05) is 19.5 Å². The number of nitrogens with one attached hydrogen (secondary N) is 1. The second-order valence-electron chi connectivity index (χ2n) is 4.52. The van der Waals surface area contributed by atoms with Crippen LogP contribution in [-0.2, 0) is 11.2 Å². The van der Waals surface area contributed by atoms with Crippen molar-refractivity contribution in [3.8, 4) is 0 Å². The quantitative estimate of drug-likeness (QED) is 0.719. The Morgan fingerprint density at radius 3 is 2.81 bits per heavy atom. The Hall–Kier alpha value is -1.29. The Labute approximate surface area is 94.6 Å². The molecule has 16 heavy (non-hydrogen) atoms. The minimum Gasteiger partial charge on any atom is -0.481 e. The predicted octanol–water partition coefficient (Wildman–Crippen LogP) is 1.58. The van der Waals surface area contributed by atoms with Crippen LogP contribution < -0.4 is 5.32 Å². The number of aliphatic carboxylic acids is 1. The molecule has 1 fully saturated rings. The average Bonchev–Trinajstić information content (AvgIpc) is 2.92. The average molecular weight is 223 g/mol. The maximum absolute atomic E-state index is 10.9. The van der Waals surface area contributed by atoms with Crippen molar-refractivity contribution >= 4 is 5.97 Å². The summed E-state index contributed by atoms with van der Waals surface area (Å²) in [6.07, 6.45) is 2.41. The van der Waals surface area contributed by atoms with Gasteiger partial charge in [-0.25, -0.2) is 0 Å². The predicted molar refractivity (Wildman–Crippen MR) is 59.3 cm³/mol. The minimum absolute atomic E-state index is 0.473. The first-order chi connectivity index (χ1) is 7.62. The number of carboxylic acid groups (broad SMARTS) is 1. The monoisotopic (exact) mass is 223 g/mol. The maximum Gasteiger partial charge on any atom is 0.310 e. The number of aryl methyl sites for hydroxylation is 1. The smallest absolute Gasteiger partial charge is 0.310 e. The first kappa shape index (κ1) is 11.2. The van der Waals surface area contributed by atoms with Crippen LogP contribution in [-0.4, -0.2) is 24.2 Å². The van der Waals surface area contributed by atoms with Crippen LogP contribution in [0.15, 0.2) is 16.5 Å². The van der Waals surface area contributed by atoms with Gasteiger partial charge in [-0.3, -0.25) is 4.79 Å². The molecule has 1 aromatic rings. The normalized spacial score (nSPS) is 17.3. The number of furan rings is 1. The highest BCUT2D eigenvalue weighted by atomic mass is 16.4. The highest BCUT2D eigenvalue weighted by Gasteiger charge is 2.49. The second kappa shape index (κ2) is 4.29. The zero-order valence-corrected chi connectivity index (χ0v) is 9.45. The summed E-state index contributed by atoms with van der Waals surface area (Å²) in [6.45, 7) is 3.25. The fourth-order valence-corrected chi connectivity index (χ4v) is 1.78. The zero-order chi connectivity index (χ0) is 11.6. The van der Waals surface area contributed by atoms with Gasteiger partial charge in [-0.05, 0) is 31.9 Å². The molecule has 4 nitrogen and oxygen atoms in total. The van der Waals surface area contributed by atoms with Crippen molar-refractivity contribution < 1.29 is 14.3 Å². The summed E-state index contributed by atoms with van der Waals surface area (Å²) >= 11 is 0. The van der Waals surface area contributed by atoms with Gasteiger partial charge in [0.15, 0.2) is 0 Å². The van der Waals surface area contributed by atoms with Crippen LogP contribution >= 0.6 is 0 Å². The molecule has 88 valence electrons. The molecule has 0 atom stereocenters. The van der Waals surface area contributed by atoms with Gasteiger partial charge in [-0.1, -0.05) is 0 Å². The molecule has 1 aliphatic rings. The molecule has 2 N–H and O–H groups in total. The maximum atomic E-state index is 10.9. The standard InChI is InChI=1S/C12H17NO3/c1-9-2-3-10(16-9)4-7-13-8-12(5-6-12)11(14)15/h2-3,13H,4-8H2,1H3,(H,14,15). The Kier molecular flexibility index (Phi) is 3.01. The van der Waals surface area contributed by atoms with Crippen molar-refractivity contribution in [3.63, 3.8) is 0 Å². The molecule has 0 amide bonds. The lowest BCUT2D eigenvalue weighted by Crippen LogP contribution is -2.31. The first-order valence-electron chi connectivity index (χ1n) is 5.62. The van der Waals surface area contributed by atoms with Crippen molar-refractivity contribution in [3.05, 3.63) is 23.7 Å². The van der Waals surface area contributed by atoms with E-state index in [9.17, 15) is 4.79 Å². The van der Waals surface area contributed by atoms with Gasteiger partial charge in [0.2, 0.25) is 0 Å². The molecule has 1 aromatic heterocycles.